The minimum absolute atomic E-state index is 0.0218. The number of aryl methyl sites for hydroxylation is 1. The summed E-state index contributed by atoms with van der Waals surface area (Å²) in [5.74, 6) is -1.51. The Kier molecular flexibility index (Phi) is 15.6. The van der Waals surface area contributed by atoms with Gasteiger partial charge in [-0.05, 0) is 0 Å². The number of nitrogens with two attached hydrogens (primary N) is 2. The number of phosphoric ester groups is 3. The maximum atomic E-state index is 16.5. The molecule has 0 radical (unpaired) electrons. The zero-order chi connectivity index (χ0) is 53.1. The topological polar surface area (TPSA) is 507 Å². The van der Waals surface area contributed by atoms with Gasteiger partial charge in [0.05, 0.1) is 45.9 Å². The molecule has 3 fully saturated rings. The van der Waals surface area contributed by atoms with Gasteiger partial charge in [-0.1, -0.05) is 4.98 Å². The maximum Gasteiger partial charge on any atom is 0.490 e. The lowest BCUT2D eigenvalue weighted by Gasteiger charge is -2.24. The lowest BCUT2D eigenvalue weighted by Crippen LogP contribution is -2.45. The Labute approximate surface area is 404 Å². The van der Waals surface area contributed by atoms with Gasteiger partial charge in [0.25, 0.3) is 17.1 Å². The Bertz CT molecular complexity index is 3250. The van der Waals surface area contributed by atoms with Crippen LogP contribution >= 0.6 is 31.3 Å². The first-order valence-corrected chi connectivity index (χ1v) is 26.7. The molecule has 8 heterocycles. The number of alkyl halides is 1. The van der Waals surface area contributed by atoms with E-state index < -0.39 is 141 Å². The lowest BCUT2D eigenvalue weighted by atomic mass is 9.99. The highest BCUT2D eigenvalue weighted by molar-refractivity contribution is 7.66. The molecule has 5 aromatic heterocycles. The standard InChI is InChI=1S/C32H43FN12O24P4/c1-42-11-45(26-19(42)27(50)41-31(35)40-26)29-20(47)12(5-60-2)13(64-29)6-62-71(54,55)68-73(58,59)69-72(56,57)63-8-15-23(17(33)28(66-15)44-10-38-18-24(34)36-9-37-25(18)44)67-70(52,53)61-7-14-21(48)22(49)30(65-14)43-4-3-16(46)39-32(43)51/h3-4,9-15,17,20-23,28-30,47-49H,5-8H2,1-2H3,(H9-,34,35,36,37,39,40,41,46,50,51,52,53,54,55,56,57,58,59)/p+1/t12-,13-,14-,15-,17-,20-,21-,22-,23-,28-,29-,30-/m1/s1. The Hall–Kier alpha value is -4.65. The van der Waals surface area contributed by atoms with E-state index in [1.165, 1.54) is 29.6 Å². The van der Waals surface area contributed by atoms with Crippen LogP contribution in [0.3, 0.4) is 0 Å². The number of anilines is 2. The van der Waals surface area contributed by atoms with E-state index in [0.29, 0.717) is 4.57 Å². The molecule has 16 atom stereocenters. The van der Waals surface area contributed by atoms with Gasteiger partial charge in [0.1, 0.15) is 48.5 Å². The molecule has 0 saturated carbocycles. The second-order valence-corrected chi connectivity index (χ2v) is 22.1. The molecule has 0 aromatic carbocycles. The molecule has 0 amide bonds. The van der Waals surface area contributed by atoms with Crippen LogP contribution < -0.4 is 32.8 Å². The highest BCUT2D eigenvalue weighted by atomic mass is 31.3. The van der Waals surface area contributed by atoms with E-state index in [1.54, 1.807) is 0 Å². The zero-order valence-electron chi connectivity index (χ0n) is 37.1. The summed E-state index contributed by atoms with van der Waals surface area (Å²) in [6, 6.07) is 0.899. The molecule has 5 aromatic rings. The number of nitrogen functional groups attached to an aromatic ring is 2. The number of hydrogen-bond donors (Lipinski definition) is 11. The molecule has 41 heteroatoms. The first-order valence-electron chi connectivity index (χ1n) is 20.7. The number of phosphoric acid groups is 4. The summed E-state index contributed by atoms with van der Waals surface area (Å²) in [6.07, 6.45) is -16.1. The fourth-order valence-corrected chi connectivity index (χ4v) is 12.5. The van der Waals surface area contributed by atoms with Crippen LogP contribution in [-0.2, 0) is 71.0 Å². The third-order valence-corrected chi connectivity index (χ3v) is 16.4. The second kappa shape index (κ2) is 20.8. The van der Waals surface area contributed by atoms with Gasteiger partial charge in [0.15, 0.2) is 36.4 Å². The van der Waals surface area contributed by atoms with Crippen molar-refractivity contribution in [1.29, 1.82) is 0 Å². The van der Waals surface area contributed by atoms with E-state index >= 15 is 4.39 Å². The molecule has 73 heavy (non-hydrogen) atoms. The van der Waals surface area contributed by atoms with Crippen LogP contribution in [0.2, 0.25) is 0 Å². The van der Waals surface area contributed by atoms with Gasteiger partial charge in [-0.25, -0.2) is 47.0 Å². The third kappa shape index (κ3) is 11.6. The van der Waals surface area contributed by atoms with Gasteiger partial charge in [-0.2, -0.15) is 8.62 Å². The average molecular weight is 1120 g/mol. The Morgan fingerprint density at radius 1 is 0.795 bits per heavy atom. The fourth-order valence-electron chi connectivity index (χ4n) is 8.01. The molecule has 0 spiro atoms. The van der Waals surface area contributed by atoms with Crippen molar-refractivity contribution in [3.05, 3.63) is 62.4 Å². The van der Waals surface area contributed by atoms with Crippen LogP contribution in [0.1, 0.15) is 18.7 Å². The van der Waals surface area contributed by atoms with Crippen LogP contribution in [0.15, 0.2) is 45.6 Å². The van der Waals surface area contributed by atoms with E-state index in [4.69, 9.17) is 48.5 Å². The molecule has 3 saturated heterocycles. The molecule has 13 N–H and O–H groups in total. The van der Waals surface area contributed by atoms with Gasteiger partial charge in [-0.3, -0.25) is 51.4 Å². The van der Waals surface area contributed by atoms with Gasteiger partial charge < -0.3 is 65.3 Å². The number of rotatable bonds is 20. The van der Waals surface area contributed by atoms with Crippen molar-refractivity contribution in [1.82, 2.24) is 43.6 Å². The number of aliphatic hydroxyl groups is 3. The van der Waals surface area contributed by atoms with E-state index in [2.05, 4.69) is 33.5 Å². The first-order chi connectivity index (χ1) is 34.2. The summed E-state index contributed by atoms with van der Waals surface area (Å²) >= 11 is 0. The van der Waals surface area contributed by atoms with Crippen molar-refractivity contribution in [2.24, 2.45) is 13.0 Å². The normalized spacial score (nSPS) is 30.9. The number of nitrogens with one attached hydrogen (secondary N) is 2. The summed E-state index contributed by atoms with van der Waals surface area (Å²) in [6.45, 7) is -3.77. The summed E-state index contributed by atoms with van der Waals surface area (Å²) in [7, 11) is -20.9. The molecule has 3 aliphatic rings. The smallest absolute Gasteiger partial charge is 0.387 e. The number of hydrogen-bond acceptors (Lipinski definition) is 26. The first kappa shape index (κ1) is 54.6. The molecule has 3 aliphatic heterocycles. The number of imidazole rings is 2. The lowest BCUT2D eigenvalue weighted by molar-refractivity contribution is -0.745. The quantitative estimate of drug-likeness (QED) is 0.0264. The minimum atomic E-state index is -6.22. The van der Waals surface area contributed by atoms with E-state index in [1.807, 2.05) is 4.98 Å². The Morgan fingerprint density at radius 3 is 2.11 bits per heavy atom. The number of fused-ring (bicyclic) bond motifs is 2. The fraction of sp³-hybridized carbons (Fsp3) is 0.562. The largest absolute Gasteiger partial charge is 0.490 e. The molecule has 402 valence electrons. The van der Waals surface area contributed by atoms with Crippen molar-refractivity contribution in [2.45, 2.75) is 67.6 Å². The minimum Gasteiger partial charge on any atom is -0.387 e. The number of aliphatic hydroxyl groups excluding tert-OH is 3. The number of nitrogens with zero attached hydrogens (tertiary/aromatic N) is 8. The highest BCUT2D eigenvalue weighted by Gasteiger charge is 2.54. The Morgan fingerprint density at radius 2 is 1.44 bits per heavy atom. The average Bonchev–Trinajstić information content (AvgIpc) is 4.08. The van der Waals surface area contributed by atoms with Gasteiger partial charge in [0.2, 0.25) is 11.7 Å². The summed E-state index contributed by atoms with van der Waals surface area (Å²) in [4.78, 5) is 98.4. The zero-order valence-corrected chi connectivity index (χ0v) is 40.7. The SMILES string of the molecule is COC[C@H]1[C@@H](O)[C@H]([n+]2cn(C)c3c(=O)[nH]c(N)nc32)O[C@@H]1COP(=O)(O)OP(=O)(O)OP(=O)(O)OC[C@H]1O[C@@H](n2cnc3c(N)ncnc32)[C@H](F)[C@@H]1OP(=O)(O)OC[C@H]1O[C@@H](n2ccc(=O)[nH]c2=O)[C@H](O)[C@@H]1O. The summed E-state index contributed by atoms with van der Waals surface area (Å²) < 4.78 is 123. The third-order valence-electron chi connectivity index (χ3n) is 11.2. The van der Waals surface area contributed by atoms with Crippen LogP contribution in [0.4, 0.5) is 16.2 Å². The molecule has 0 aliphatic carbocycles. The molecule has 0 bridgehead atoms. The molecule has 4 unspecified atom stereocenters. The van der Waals surface area contributed by atoms with Crippen molar-refractivity contribution in [3.63, 3.8) is 0 Å². The monoisotopic (exact) mass is 1120 g/mol. The summed E-state index contributed by atoms with van der Waals surface area (Å²) in [5.41, 5.74) is 8.80. The second-order valence-electron chi connectivity index (χ2n) is 16.1. The number of ether oxygens (including phenoxy) is 4. The number of aromatic nitrogens is 10. The van der Waals surface area contributed by atoms with E-state index in [-0.39, 0.29) is 40.7 Å². The van der Waals surface area contributed by atoms with Crippen LogP contribution in [0.5, 0.6) is 0 Å². The number of methoxy groups -OCH3 is 1. The number of aromatic amines is 2. The van der Waals surface area contributed by atoms with Crippen LogP contribution in [0.25, 0.3) is 22.3 Å². The van der Waals surface area contributed by atoms with E-state index in [9.17, 15) is 67.5 Å². The molecule has 36 nitrogen and oxygen atoms in total. The van der Waals surface area contributed by atoms with Crippen molar-refractivity contribution in [2.75, 3.05) is 45.0 Å². The maximum absolute atomic E-state index is 16.5. The van der Waals surface area contributed by atoms with Crippen LogP contribution in [0, 0.1) is 5.92 Å². The van der Waals surface area contributed by atoms with Crippen molar-refractivity contribution < 1.29 is 108 Å². The molecular formula is C32H44FN12O24P4+. The van der Waals surface area contributed by atoms with Crippen molar-refractivity contribution in [3.8, 4) is 0 Å². The predicted molar refractivity (Wildman–Crippen MR) is 231 cm³/mol. The highest BCUT2D eigenvalue weighted by Crippen LogP contribution is 2.68. The Balaban J connectivity index is 0.927. The molecule has 8 rings (SSSR count). The summed E-state index contributed by atoms with van der Waals surface area (Å²) in [5, 5.41) is 32.3. The predicted octanol–water partition coefficient (Wildman–Crippen LogP) is -3.65. The number of halogens is 1. The number of H-pyrrole nitrogens is 2. The molecular weight excluding hydrogens is 1080 g/mol. The van der Waals surface area contributed by atoms with Crippen molar-refractivity contribution >= 4 is 65.4 Å². The van der Waals surface area contributed by atoms with E-state index in [0.717, 1.165) is 29.5 Å². The van der Waals surface area contributed by atoms with Crippen LogP contribution in [-0.4, -0.2) is 161 Å². The van der Waals surface area contributed by atoms with Gasteiger partial charge in [-0.15, -0.1) is 0 Å². The van der Waals surface area contributed by atoms with Gasteiger partial charge >= 0.3 is 42.6 Å². The van der Waals surface area contributed by atoms with Gasteiger partial charge in [0, 0.05) is 25.3 Å².